The number of carbonyl (C=O) groups excluding carboxylic acids is 2. The summed E-state index contributed by atoms with van der Waals surface area (Å²) < 4.78 is 9.70. The van der Waals surface area contributed by atoms with Gasteiger partial charge in [0.2, 0.25) is 0 Å². The Morgan fingerprint density at radius 2 is 2.43 bits per heavy atom. The lowest BCUT2D eigenvalue weighted by atomic mass is 9.87. The molecule has 1 heterocycles. The van der Waals surface area contributed by atoms with Crippen molar-refractivity contribution in [3.05, 3.63) is 23.7 Å². The van der Waals surface area contributed by atoms with Crippen LogP contribution in [0.15, 0.2) is 16.7 Å². The average molecular weight is 194 g/mol. The Hall–Kier alpha value is -1.58. The van der Waals surface area contributed by atoms with E-state index >= 15 is 0 Å². The first-order chi connectivity index (χ1) is 6.74. The molecule has 0 saturated carbocycles. The topological polar surface area (TPSA) is 56.5 Å². The second-order valence-electron chi connectivity index (χ2n) is 3.24. The fraction of sp³-hybridized carbons (Fsp3) is 0.400. The minimum atomic E-state index is -0.341. The van der Waals surface area contributed by atoms with Crippen molar-refractivity contribution < 1.29 is 18.7 Å². The molecule has 0 aliphatic heterocycles. The Balaban J connectivity index is 2.38. The molecule has 0 N–H and O–H groups in total. The van der Waals surface area contributed by atoms with Gasteiger partial charge < -0.3 is 9.15 Å². The summed E-state index contributed by atoms with van der Waals surface area (Å²) in [5.74, 6) is -0.372. The zero-order chi connectivity index (χ0) is 10.1. The van der Waals surface area contributed by atoms with E-state index in [1.807, 2.05) is 0 Å². The van der Waals surface area contributed by atoms with Crippen molar-refractivity contribution in [2.45, 2.75) is 18.8 Å². The van der Waals surface area contributed by atoms with Crippen LogP contribution in [-0.2, 0) is 9.53 Å². The molecule has 1 unspecified atom stereocenters. The largest absolute Gasteiger partial charge is 0.469 e. The van der Waals surface area contributed by atoms with Gasteiger partial charge in [-0.25, -0.2) is 0 Å². The van der Waals surface area contributed by atoms with Crippen LogP contribution in [0.1, 0.15) is 34.9 Å². The Morgan fingerprint density at radius 3 is 3.14 bits per heavy atom. The summed E-state index contributed by atoms with van der Waals surface area (Å²) >= 11 is 0. The molecular formula is C10H10O4. The van der Waals surface area contributed by atoms with Crippen LogP contribution in [0.5, 0.6) is 0 Å². The highest BCUT2D eigenvalue weighted by Crippen LogP contribution is 2.32. The van der Waals surface area contributed by atoms with Gasteiger partial charge in [0, 0.05) is 12.0 Å². The third-order valence-electron chi connectivity index (χ3n) is 2.47. The minimum absolute atomic E-state index is 0.0369. The lowest BCUT2D eigenvalue weighted by Crippen LogP contribution is -2.21. The molecule has 0 aromatic carbocycles. The predicted molar refractivity (Wildman–Crippen MR) is 47.0 cm³/mol. The van der Waals surface area contributed by atoms with Crippen molar-refractivity contribution in [1.29, 1.82) is 0 Å². The van der Waals surface area contributed by atoms with E-state index in [0.29, 0.717) is 24.2 Å². The van der Waals surface area contributed by atoms with Crippen LogP contribution in [0.4, 0.5) is 0 Å². The highest BCUT2D eigenvalue weighted by molar-refractivity contribution is 5.98. The molecule has 74 valence electrons. The molecule has 0 amide bonds. The summed E-state index contributed by atoms with van der Waals surface area (Å²) in [5, 5.41) is 0. The van der Waals surface area contributed by atoms with Crippen LogP contribution >= 0.6 is 0 Å². The van der Waals surface area contributed by atoms with Crippen molar-refractivity contribution in [1.82, 2.24) is 0 Å². The molecular weight excluding hydrogens is 184 g/mol. The molecule has 0 saturated heterocycles. The van der Waals surface area contributed by atoms with E-state index in [0.717, 1.165) is 0 Å². The fourth-order valence-electron chi connectivity index (χ4n) is 1.75. The maximum Gasteiger partial charge on any atom is 0.313 e. The van der Waals surface area contributed by atoms with E-state index in [1.54, 1.807) is 6.07 Å². The number of rotatable bonds is 1. The second kappa shape index (κ2) is 3.29. The number of hydrogen-bond donors (Lipinski definition) is 0. The van der Waals surface area contributed by atoms with Gasteiger partial charge in [0.1, 0.15) is 0 Å². The highest BCUT2D eigenvalue weighted by Gasteiger charge is 2.33. The van der Waals surface area contributed by atoms with E-state index in [2.05, 4.69) is 4.74 Å². The maximum absolute atomic E-state index is 11.4. The number of esters is 1. The van der Waals surface area contributed by atoms with Gasteiger partial charge in [0.15, 0.2) is 11.5 Å². The number of ether oxygens (including phenoxy) is 1. The van der Waals surface area contributed by atoms with E-state index < -0.39 is 0 Å². The summed E-state index contributed by atoms with van der Waals surface area (Å²) in [5.41, 5.74) is 0.660. The molecule has 1 atom stereocenters. The molecule has 1 aliphatic carbocycles. The molecule has 2 rings (SSSR count). The smallest absolute Gasteiger partial charge is 0.313 e. The van der Waals surface area contributed by atoms with Gasteiger partial charge in [-0.05, 0) is 12.5 Å². The second-order valence-corrected chi connectivity index (χ2v) is 3.24. The SMILES string of the molecule is COC(=O)C1CCC(=O)c2occc21. The Labute approximate surface area is 80.8 Å². The van der Waals surface area contributed by atoms with Crippen LogP contribution < -0.4 is 0 Å². The number of Topliss-reactive ketones (excluding diaryl/α,β-unsaturated/α-hetero) is 1. The summed E-state index contributed by atoms with van der Waals surface area (Å²) in [6.45, 7) is 0. The van der Waals surface area contributed by atoms with Crippen LogP contribution in [0.25, 0.3) is 0 Å². The summed E-state index contributed by atoms with van der Waals surface area (Å²) in [6.07, 6.45) is 2.29. The number of fused-ring (bicyclic) bond motifs is 1. The third kappa shape index (κ3) is 1.23. The quantitative estimate of drug-likeness (QED) is 0.636. The van der Waals surface area contributed by atoms with Gasteiger partial charge in [-0.15, -0.1) is 0 Å². The Kier molecular flexibility index (Phi) is 2.11. The number of methoxy groups -OCH3 is 1. The zero-order valence-electron chi connectivity index (χ0n) is 7.78. The van der Waals surface area contributed by atoms with Crippen LogP contribution in [-0.4, -0.2) is 18.9 Å². The minimum Gasteiger partial charge on any atom is -0.469 e. The molecule has 4 nitrogen and oxygen atoms in total. The van der Waals surface area contributed by atoms with Gasteiger partial charge in [-0.2, -0.15) is 0 Å². The van der Waals surface area contributed by atoms with Gasteiger partial charge in [-0.1, -0.05) is 0 Å². The fourth-order valence-corrected chi connectivity index (χ4v) is 1.75. The van der Waals surface area contributed by atoms with E-state index in [9.17, 15) is 9.59 Å². The molecule has 14 heavy (non-hydrogen) atoms. The van der Waals surface area contributed by atoms with Gasteiger partial charge in [0.25, 0.3) is 0 Å². The maximum atomic E-state index is 11.4. The number of furan rings is 1. The number of hydrogen-bond acceptors (Lipinski definition) is 4. The summed E-state index contributed by atoms with van der Waals surface area (Å²) in [7, 11) is 1.35. The van der Waals surface area contributed by atoms with Gasteiger partial charge >= 0.3 is 5.97 Å². The molecule has 0 spiro atoms. The van der Waals surface area contributed by atoms with Crippen LogP contribution in [0.2, 0.25) is 0 Å². The zero-order valence-corrected chi connectivity index (χ0v) is 7.78. The summed E-state index contributed by atoms with van der Waals surface area (Å²) in [6, 6.07) is 1.66. The van der Waals surface area contributed by atoms with E-state index in [4.69, 9.17) is 4.42 Å². The molecule has 1 aromatic heterocycles. The standard InChI is InChI=1S/C10H10O4/c1-13-10(12)7-2-3-8(11)9-6(7)4-5-14-9/h4-5,7H,2-3H2,1H3. The molecule has 4 heteroatoms. The average Bonchev–Trinajstić information content (AvgIpc) is 2.67. The van der Waals surface area contributed by atoms with Gasteiger partial charge in [0.05, 0.1) is 19.3 Å². The van der Waals surface area contributed by atoms with Crippen molar-refractivity contribution in [3.63, 3.8) is 0 Å². The Bertz CT molecular complexity index is 377. The highest BCUT2D eigenvalue weighted by atomic mass is 16.5. The van der Waals surface area contributed by atoms with Crippen molar-refractivity contribution in [2.24, 2.45) is 0 Å². The lowest BCUT2D eigenvalue weighted by molar-refractivity contribution is -0.142. The van der Waals surface area contributed by atoms with Crippen LogP contribution in [0, 0.1) is 0 Å². The predicted octanol–water partition coefficient (Wildman–Crippen LogP) is 1.51. The number of ketones is 1. The van der Waals surface area contributed by atoms with Crippen LogP contribution in [0.3, 0.4) is 0 Å². The normalized spacial score (nSPS) is 20.4. The first-order valence-corrected chi connectivity index (χ1v) is 4.42. The van der Waals surface area contributed by atoms with Crippen molar-refractivity contribution in [2.75, 3.05) is 7.11 Å². The Morgan fingerprint density at radius 1 is 1.64 bits per heavy atom. The lowest BCUT2D eigenvalue weighted by Gasteiger charge is -2.17. The molecule has 0 radical (unpaired) electrons. The number of carbonyl (C=O) groups is 2. The van der Waals surface area contributed by atoms with Crippen molar-refractivity contribution in [3.8, 4) is 0 Å². The monoisotopic (exact) mass is 194 g/mol. The first kappa shape index (κ1) is 8.99. The van der Waals surface area contributed by atoms with E-state index in [1.165, 1.54) is 13.4 Å². The molecule has 0 fully saturated rings. The summed E-state index contributed by atoms with van der Waals surface area (Å²) in [4.78, 5) is 22.7. The molecule has 1 aliphatic rings. The van der Waals surface area contributed by atoms with Gasteiger partial charge in [-0.3, -0.25) is 9.59 Å². The van der Waals surface area contributed by atoms with Crippen molar-refractivity contribution >= 4 is 11.8 Å². The molecule has 0 bridgehead atoms. The third-order valence-corrected chi connectivity index (χ3v) is 2.47. The molecule has 1 aromatic rings. The van der Waals surface area contributed by atoms with E-state index in [-0.39, 0.29) is 17.7 Å². The first-order valence-electron chi connectivity index (χ1n) is 4.42.